The predicted octanol–water partition coefficient (Wildman–Crippen LogP) is 1.65. The first-order valence-electron chi connectivity index (χ1n) is 7.09. The maximum Gasteiger partial charge on any atom is 0.0226 e. The summed E-state index contributed by atoms with van der Waals surface area (Å²) in [6, 6.07) is 1.42. The van der Waals surface area contributed by atoms with Crippen LogP contribution in [0.25, 0.3) is 0 Å². The molecule has 0 aromatic carbocycles. The maximum atomic E-state index is 3.44. The van der Waals surface area contributed by atoms with E-state index >= 15 is 0 Å². The van der Waals surface area contributed by atoms with Crippen LogP contribution < -0.4 is 5.32 Å². The molecule has 0 amide bonds. The molecule has 1 N–H and O–H groups in total. The summed E-state index contributed by atoms with van der Waals surface area (Å²) in [7, 11) is 6.47. The van der Waals surface area contributed by atoms with Gasteiger partial charge in [0.05, 0.1) is 0 Å². The Kier molecular flexibility index (Phi) is 6.45. The van der Waals surface area contributed by atoms with E-state index in [0.29, 0.717) is 6.04 Å². The number of piperidine rings is 1. The van der Waals surface area contributed by atoms with Crippen molar-refractivity contribution in [3.05, 3.63) is 0 Å². The minimum atomic E-state index is 0.695. The number of hydrogen-bond acceptors (Lipinski definition) is 3. The summed E-state index contributed by atoms with van der Waals surface area (Å²) in [5.41, 5.74) is 0. The molecule has 2 atom stereocenters. The summed E-state index contributed by atoms with van der Waals surface area (Å²) in [5.74, 6) is 0.787. The normalized spacial score (nSPS) is 24.5. The van der Waals surface area contributed by atoms with Crippen molar-refractivity contribution < 1.29 is 0 Å². The number of hydrogen-bond donors (Lipinski definition) is 1. The molecule has 0 aromatic rings. The number of nitrogens with zero attached hydrogens (tertiary/aromatic N) is 2. The minimum Gasteiger partial charge on any atom is -0.316 e. The van der Waals surface area contributed by atoms with Crippen LogP contribution in [0.2, 0.25) is 0 Å². The summed E-state index contributed by atoms with van der Waals surface area (Å²) in [4.78, 5) is 5.03. The van der Waals surface area contributed by atoms with E-state index in [1.807, 2.05) is 0 Å². The van der Waals surface area contributed by atoms with E-state index in [1.165, 1.54) is 38.9 Å². The molecule has 1 aliphatic rings. The summed E-state index contributed by atoms with van der Waals surface area (Å²) in [6.45, 7) is 8.37. The van der Waals surface area contributed by atoms with E-state index in [1.54, 1.807) is 0 Å². The van der Waals surface area contributed by atoms with E-state index < -0.39 is 0 Å². The molecular weight excluding hydrogens is 210 g/mol. The van der Waals surface area contributed by atoms with Crippen molar-refractivity contribution in [1.82, 2.24) is 15.1 Å². The van der Waals surface area contributed by atoms with Gasteiger partial charge in [0.15, 0.2) is 0 Å². The average Bonchev–Trinajstić information content (AvgIpc) is 2.27. The van der Waals surface area contributed by atoms with Crippen LogP contribution in [0.4, 0.5) is 0 Å². The van der Waals surface area contributed by atoms with Crippen LogP contribution in [0.3, 0.4) is 0 Å². The van der Waals surface area contributed by atoms with Crippen LogP contribution in [-0.2, 0) is 0 Å². The maximum absolute atomic E-state index is 3.44. The lowest BCUT2D eigenvalue weighted by molar-refractivity contribution is 0.104. The Morgan fingerprint density at radius 3 is 2.59 bits per heavy atom. The Morgan fingerprint density at radius 1 is 1.35 bits per heavy atom. The molecule has 0 aromatic heterocycles. The summed E-state index contributed by atoms with van der Waals surface area (Å²) in [5, 5.41) is 3.44. The quantitative estimate of drug-likeness (QED) is 0.763. The Hall–Kier alpha value is -0.120. The van der Waals surface area contributed by atoms with Gasteiger partial charge in [-0.3, -0.25) is 4.90 Å². The van der Waals surface area contributed by atoms with Gasteiger partial charge in [0.25, 0.3) is 0 Å². The second kappa shape index (κ2) is 7.34. The van der Waals surface area contributed by atoms with Crippen molar-refractivity contribution in [3.8, 4) is 0 Å². The fraction of sp³-hybridized carbons (Fsp3) is 1.00. The van der Waals surface area contributed by atoms with Crippen molar-refractivity contribution in [2.75, 3.05) is 40.8 Å². The molecule has 0 aliphatic carbocycles. The van der Waals surface area contributed by atoms with Crippen LogP contribution >= 0.6 is 0 Å². The fourth-order valence-electron chi connectivity index (χ4n) is 2.88. The molecule has 1 heterocycles. The van der Waals surface area contributed by atoms with Gasteiger partial charge in [0, 0.05) is 25.2 Å². The van der Waals surface area contributed by atoms with Gasteiger partial charge in [-0.2, -0.15) is 0 Å². The molecule has 3 nitrogen and oxygen atoms in total. The van der Waals surface area contributed by atoms with Crippen molar-refractivity contribution in [2.45, 2.75) is 45.2 Å². The van der Waals surface area contributed by atoms with Crippen LogP contribution in [0, 0.1) is 5.92 Å². The molecule has 0 bridgehead atoms. The predicted molar refractivity (Wildman–Crippen MR) is 75.5 cm³/mol. The lowest BCUT2D eigenvalue weighted by Gasteiger charge is -2.40. The monoisotopic (exact) mass is 241 g/mol. The largest absolute Gasteiger partial charge is 0.316 e. The first-order valence-corrected chi connectivity index (χ1v) is 7.09. The molecule has 0 saturated carbocycles. The van der Waals surface area contributed by atoms with E-state index in [2.05, 4.69) is 50.1 Å². The van der Waals surface area contributed by atoms with Crippen LogP contribution in [0.5, 0.6) is 0 Å². The van der Waals surface area contributed by atoms with Gasteiger partial charge < -0.3 is 10.2 Å². The molecular formula is C14H31N3. The van der Waals surface area contributed by atoms with Crippen LogP contribution in [0.15, 0.2) is 0 Å². The molecule has 1 saturated heterocycles. The SMILES string of the molecule is CNC1CCCN(C(CC(C)C)CN(C)C)C1. The van der Waals surface area contributed by atoms with E-state index in [-0.39, 0.29) is 0 Å². The van der Waals surface area contributed by atoms with E-state index in [4.69, 9.17) is 0 Å². The third-order valence-electron chi connectivity index (χ3n) is 3.70. The summed E-state index contributed by atoms with van der Waals surface area (Å²) < 4.78 is 0. The smallest absolute Gasteiger partial charge is 0.0226 e. The highest BCUT2D eigenvalue weighted by Crippen LogP contribution is 2.18. The third-order valence-corrected chi connectivity index (χ3v) is 3.70. The zero-order valence-electron chi connectivity index (χ0n) is 12.4. The highest BCUT2D eigenvalue weighted by molar-refractivity contribution is 4.83. The third kappa shape index (κ3) is 5.36. The Balaban J connectivity index is 2.54. The van der Waals surface area contributed by atoms with Gasteiger partial charge in [-0.05, 0) is 52.9 Å². The minimum absolute atomic E-state index is 0.695. The topological polar surface area (TPSA) is 18.5 Å². The van der Waals surface area contributed by atoms with Gasteiger partial charge in [0.1, 0.15) is 0 Å². The molecule has 1 fully saturated rings. The average molecular weight is 241 g/mol. The van der Waals surface area contributed by atoms with Gasteiger partial charge in [-0.15, -0.1) is 0 Å². The van der Waals surface area contributed by atoms with Gasteiger partial charge in [-0.1, -0.05) is 13.8 Å². The van der Waals surface area contributed by atoms with Crippen molar-refractivity contribution in [2.24, 2.45) is 5.92 Å². The van der Waals surface area contributed by atoms with Gasteiger partial charge in [-0.25, -0.2) is 0 Å². The molecule has 0 radical (unpaired) electrons. The highest BCUT2D eigenvalue weighted by atomic mass is 15.2. The van der Waals surface area contributed by atoms with Crippen LogP contribution in [-0.4, -0.2) is 62.7 Å². The lowest BCUT2D eigenvalue weighted by Crippen LogP contribution is -2.51. The second-order valence-electron chi connectivity index (χ2n) is 6.17. The van der Waals surface area contributed by atoms with Crippen LogP contribution in [0.1, 0.15) is 33.1 Å². The lowest BCUT2D eigenvalue weighted by atomic mass is 9.98. The zero-order chi connectivity index (χ0) is 12.8. The zero-order valence-corrected chi connectivity index (χ0v) is 12.4. The highest BCUT2D eigenvalue weighted by Gasteiger charge is 2.25. The fourth-order valence-corrected chi connectivity index (χ4v) is 2.88. The van der Waals surface area contributed by atoms with Gasteiger partial charge >= 0.3 is 0 Å². The van der Waals surface area contributed by atoms with Crippen molar-refractivity contribution in [1.29, 1.82) is 0 Å². The Morgan fingerprint density at radius 2 is 2.06 bits per heavy atom. The van der Waals surface area contributed by atoms with E-state index in [0.717, 1.165) is 12.0 Å². The standard InChI is InChI=1S/C14H31N3/c1-12(2)9-14(11-16(4)5)17-8-6-7-13(10-17)15-3/h12-15H,6-11H2,1-5H3. The number of rotatable bonds is 6. The first-order chi connectivity index (χ1) is 8.02. The molecule has 1 aliphatic heterocycles. The van der Waals surface area contributed by atoms with Crippen molar-refractivity contribution >= 4 is 0 Å². The Bertz CT molecular complexity index is 194. The number of likely N-dealkylation sites (N-methyl/N-ethyl adjacent to an activating group) is 2. The molecule has 1 rings (SSSR count). The molecule has 3 heteroatoms. The summed E-state index contributed by atoms with van der Waals surface area (Å²) in [6.07, 6.45) is 3.99. The first kappa shape index (κ1) is 14.9. The van der Waals surface area contributed by atoms with Gasteiger partial charge in [0.2, 0.25) is 0 Å². The molecule has 102 valence electrons. The number of nitrogens with one attached hydrogen (secondary N) is 1. The van der Waals surface area contributed by atoms with E-state index in [9.17, 15) is 0 Å². The second-order valence-corrected chi connectivity index (χ2v) is 6.17. The number of likely N-dealkylation sites (tertiary alicyclic amines) is 1. The molecule has 0 spiro atoms. The summed E-state index contributed by atoms with van der Waals surface area (Å²) >= 11 is 0. The Labute approximate surface area is 108 Å². The molecule has 2 unspecified atom stereocenters. The molecule has 17 heavy (non-hydrogen) atoms. The van der Waals surface area contributed by atoms with Crippen molar-refractivity contribution in [3.63, 3.8) is 0 Å².